The zero-order valence-electron chi connectivity index (χ0n) is 11.3. The SMILES string of the molecule is CC(C)=NNC(=O)c1ccc(N(C)S(C)(=O)=O)cc1. The molecule has 1 aromatic carbocycles. The average molecular weight is 283 g/mol. The number of sulfonamides is 1. The molecule has 0 saturated heterocycles. The Morgan fingerprint density at radius 3 is 2.16 bits per heavy atom. The van der Waals surface area contributed by atoms with E-state index in [4.69, 9.17) is 0 Å². The predicted molar refractivity (Wildman–Crippen MR) is 75.9 cm³/mol. The van der Waals surface area contributed by atoms with E-state index in [0.29, 0.717) is 11.3 Å². The first-order valence-electron chi connectivity index (χ1n) is 5.57. The molecule has 0 bridgehead atoms. The smallest absolute Gasteiger partial charge is 0.271 e. The monoisotopic (exact) mass is 283 g/mol. The van der Waals surface area contributed by atoms with E-state index >= 15 is 0 Å². The molecule has 1 amide bonds. The Balaban J connectivity index is 2.88. The number of benzene rings is 1. The molecule has 1 aromatic rings. The van der Waals surface area contributed by atoms with Crippen molar-refractivity contribution in [1.29, 1.82) is 0 Å². The van der Waals surface area contributed by atoms with Crippen LogP contribution in [-0.2, 0) is 10.0 Å². The zero-order chi connectivity index (χ0) is 14.6. The highest BCUT2D eigenvalue weighted by atomic mass is 32.2. The lowest BCUT2D eigenvalue weighted by molar-refractivity contribution is 0.0955. The van der Waals surface area contributed by atoms with Gasteiger partial charge in [0.15, 0.2) is 0 Å². The number of nitrogens with zero attached hydrogens (tertiary/aromatic N) is 2. The minimum Gasteiger partial charge on any atom is -0.274 e. The van der Waals surface area contributed by atoms with E-state index in [1.165, 1.54) is 7.05 Å². The molecule has 0 aliphatic carbocycles. The molecular weight excluding hydrogens is 266 g/mol. The summed E-state index contributed by atoms with van der Waals surface area (Å²) in [7, 11) is -1.85. The molecular formula is C12H17N3O3S. The van der Waals surface area contributed by atoms with Gasteiger partial charge in [0.1, 0.15) is 0 Å². The molecule has 1 N–H and O–H groups in total. The minimum atomic E-state index is -3.30. The molecule has 0 radical (unpaired) electrons. The summed E-state index contributed by atoms with van der Waals surface area (Å²) in [6.45, 7) is 3.54. The third kappa shape index (κ3) is 4.36. The first kappa shape index (κ1) is 15.2. The van der Waals surface area contributed by atoms with Crippen molar-refractivity contribution in [1.82, 2.24) is 5.43 Å². The van der Waals surface area contributed by atoms with E-state index in [9.17, 15) is 13.2 Å². The molecule has 0 aliphatic rings. The molecule has 19 heavy (non-hydrogen) atoms. The predicted octanol–water partition coefficient (Wildman–Crippen LogP) is 1.21. The molecule has 1 rings (SSSR count). The molecule has 0 aliphatic heterocycles. The largest absolute Gasteiger partial charge is 0.274 e. The maximum atomic E-state index is 11.7. The number of hydrazone groups is 1. The Bertz CT molecular complexity index is 587. The van der Waals surface area contributed by atoms with Crippen LogP contribution in [0.15, 0.2) is 29.4 Å². The Morgan fingerprint density at radius 1 is 1.21 bits per heavy atom. The van der Waals surface area contributed by atoms with Crippen molar-refractivity contribution in [3.63, 3.8) is 0 Å². The third-order valence-electron chi connectivity index (χ3n) is 2.37. The van der Waals surface area contributed by atoms with Crippen molar-refractivity contribution in [2.24, 2.45) is 5.10 Å². The molecule has 0 saturated carbocycles. The second-order valence-electron chi connectivity index (χ2n) is 4.28. The first-order valence-corrected chi connectivity index (χ1v) is 7.42. The van der Waals surface area contributed by atoms with Crippen molar-refractivity contribution in [2.75, 3.05) is 17.6 Å². The molecule has 0 unspecified atom stereocenters. The van der Waals surface area contributed by atoms with Crippen LogP contribution in [0.25, 0.3) is 0 Å². The van der Waals surface area contributed by atoms with Gasteiger partial charge in [0.2, 0.25) is 10.0 Å². The van der Waals surface area contributed by atoms with Gasteiger partial charge in [0.05, 0.1) is 11.9 Å². The van der Waals surface area contributed by atoms with Gasteiger partial charge < -0.3 is 0 Å². The van der Waals surface area contributed by atoms with Gasteiger partial charge in [-0.1, -0.05) is 0 Å². The highest BCUT2D eigenvalue weighted by molar-refractivity contribution is 7.92. The number of hydrogen-bond donors (Lipinski definition) is 1. The molecule has 0 spiro atoms. The van der Waals surface area contributed by atoms with Crippen LogP contribution < -0.4 is 9.73 Å². The zero-order valence-corrected chi connectivity index (χ0v) is 12.2. The van der Waals surface area contributed by atoms with Crippen molar-refractivity contribution < 1.29 is 13.2 Å². The summed E-state index contributed by atoms with van der Waals surface area (Å²) in [4.78, 5) is 11.7. The number of carbonyl (C=O) groups is 1. The van der Waals surface area contributed by atoms with Crippen LogP contribution in [0, 0.1) is 0 Å². The summed E-state index contributed by atoms with van der Waals surface area (Å²) < 4.78 is 23.9. The van der Waals surface area contributed by atoms with Crippen LogP contribution in [0.1, 0.15) is 24.2 Å². The summed E-state index contributed by atoms with van der Waals surface area (Å²) in [6, 6.07) is 6.23. The lowest BCUT2D eigenvalue weighted by atomic mass is 10.2. The molecule has 0 fully saturated rings. The second kappa shape index (κ2) is 5.83. The van der Waals surface area contributed by atoms with E-state index in [1.807, 2.05) is 0 Å². The fraction of sp³-hybridized carbons (Fsp3) is 0.333. The van der Waals surface area contributed by atoms with Gasteiger partial charge in [-0.05, 0) is 38.1 Å². The Labute approximate surface area is 113 Å². The summed E-state index contributed by atoms with van der Waals surface area (Å²) in [6.07, 6.45) is 1.12. The number of carbonyl (C=O) groups excluding carboxylic acids is 1. The highest BCUT2D eigenvalue weighted by Crippen LogP contribution is 2.16. The maximum absolute atomic E-state index is 11.7. The van der Waals surface area contributed by atoms with Crippen LogP contribution in [-0.4, -0.2) is 33.3 Å². The fourth-order valence-electron chi connectivity index (χ4n) is 1.24. The topological polar surface area (TPSA) is 78.8 Å². The van der Waals surface area contributed by atoms with E-state index in [2.05, 4.69) is 10.5 Å². The first-order chi connectivity index (χ1) is 8.71. The molecule has 7 heteroatoms. The summed E-state index contributed by atoms with van der Waals surface area (Å²) in [5.74, 6) is -0.338. The van der Waals surface area contributed by atoms with Crippen molar-refractivity contribution in [2.45, 2.75) is 13.8 Å². The molecule has 0 atom stereocenters. The molecule has 6 nitrogen and oxygen atoms in total. The lowest BCUT2D eigenvalue weighted by Gasteiger charge is -2.16. The Morgan fingerprint density at radius 2 is 1.74 bits per heavy atom. The van der Waals surface area contributed by atoms with Gasteiger partial charge >= 0.3 is 0 Å². The molecule has 0 heterocycles. The van der Waals surface area contributed by atoms with Crippen LogP contribution in [0.4, 0.5) is 5.69 Å². The van der Waals surface area contributed by atoms with Crippen LogP contribution >= 0.6 is 0 Å². The second-order valence-corrected chi connectivity index (χ2v) is 6.29. The van der Waals surface area contributed by atoms with Crippen LogP contribution in [0.2, 0.25) is 0 Å². The van der Waals surface area contributed by atoms with Crippen LogP contribution in [0.3, 0.4) is 0 Å². The number of nitrogens with one attached hydrogen (secondary N) is 1. The summed E-state index contributed by atoms with van der Waals surface area (Å²) in [5.41, 5.74) is 4.04. The van der Waals surface area contributed by atoms with E-state index in [0.717, 1.165) is 16.3 Å². The maximum Gasteiger partial charge on any atom is 0.271 e. The van der Waals surface area contributed by atoms with Gasteiger partial charge in [-0.2, -0.15) is 5.10 Å². The van der Waals surface area contributed by atoms with Gasteiger partial charge in [-0.15, -0.1) is 0 Å². The lowest BCUT2D eigenvalue weighted by Crippen LogP contribution is -2.25. The molecule has 104 valence electrons. The van der Waals surface area contributed by atoms with Gasteiger partial charge in [-0.3, -0.25) is 9.10 Å². The quantitative estimate of drug-likeness (QED) is 0.666. The number of anilines is 1. The highest BCUT2D eigenvalue weighted by Gasteiger charge is 2.12. The minimum absolute atomic E-state index is 0.338. The van der Waals surface area contributed by atoms with E-state index in [1.54, 1.807) is 38.1 Å². The Kier molecular flexibility index (Phi) is 4.66. The number of amides is 1. The van der Waals surface area contributed by atoms with E-state index < -0.39 is 10.0 Å². The van der Waals surface area contributed by atoms with E-state index in [-0.39, 0.29) is 5.91 Å². The summed E-state index contributed by atoms with van der Waals surface area (Å²) >= 11 is 0. The fourth-order valence-corrected chi connectivity index (χ4v) is 1.75. The normalized spacial score (nSPS) is 10.7. The third-order valence-corrected chi connectivity index (χ3v) is 3.58. The standard InChI is InChI=1S/C12H17N3O3S/c1-9(2)13-14-12(16)10-5-7-11(8-6-10)15(3)19(4,17)18/h5-8H,1-4H3,(H,14,16). The number of rotatable bonds is 4. The van der Waals surface area contributed by atoms with Crippen molar-refractivity contribution in [3.8, 4) is 0 Å². The van der Waals surface area contributed by atoms with Gasteiger partial charge in [-0.25, -0.2) is 13.8 Å². The van der Waals surface area contributed by atoms with Crippen molar-refractivity contribution >= 4 is 27.3 Å². The van der Waals surface area contributed by atoms with Gasteiger partial charge in [0, 0.05) is 18.3 Å². The van der Waals surface area contributed by atoms with Crippen molar-refractivity contribution in [3.05, 3.63) is 29.8 Å². The summed E-state index contributed by atoms with van der Waals surface area (Å²) in [5, 5.41) is 3.81. The number of hydrogen-bond acceptors (Lipinski definition) is 4. The molecule has 0 aromatic heterocycles. The Hall–Kier alpha value is -1.89. The van der Waals surface area contributed by atoms with Crippen LogP contribution in [0.5, 0.6) is 0 Å². The average Bonchev–Trinajstić information content (AvgIpc) is 2.34. The van der Waals surface area contributed by atoms with Gasteiger partial charge in [0.25, 0.3) is 5.91 Å².